The van der Waals surface area contributed by atoms with Gasteiger partial charge in [-0.2, -0.15) is 0 Å². The molecule has 0 aliphatic heterocycles. The number of nitrogens with one attached hydrogen (secondary N) is 1. The molecule has 0 fully saturated rings. The summed E-state index contributed by atoms with van der Waals surface area (Å²) in [5.74, 6) is -1.38. The number of aromatic carboxylic acids is 1. The molecule has 0 radical (unpaired) electrons. The van der Waals surface area contributed by atoms with Gasteiger partial charge in [-0.25, -0.2) is 4.79 Å². The number of carboxylic acid groups (broad SMARTS) is 1. The molecule has 2 unspecified atom stereocenters. The Bertz CT molecular complexity index is 502. The van der Waals surface area contributed by atoms with Gasteiger partial charge >= 0.3 is 5.97 Å². The Kier molecular flexibility index (Phi) is 5.48. The van der Waals surface area contributed by atoms with Crippen molar-refractivity contribution in [2.45, 2.75) is 19.1 Å². The third kappa shape index (κ3) is 3.94. The minimum atomic E-state index is -1.31. The number of aliphatic hydroxyl groups is 2. The third-order valence-electron chi connectivity index (χ3n) is 2.72. The van der Waals surface area contributed by atoms with E-state index in [1.54, 1.807) is 0 Å². The minimum absolute atomic E-state index is 0.115. The predicted molar refractivity (Wildman–Crippen MR) is 69.6 cm³/mol. The van der Waals surface area contributed by atoms with E-state index in [1.807, 2.05) is 0 Å². The summed E-state index contributed by atoms with van der Waals surface area (Å²) in [6.07, 6.45) is -2.56. The lowest BCUT2D eigenvalue weighted by Gasteiger charge is -2.19. The quantitative estimate of drug-likeness (QED) is 0.580. The number of carbonyl (C=O) groups excluding carboxylic acids is 1. The number of carbonyl (C=O) groups is 2. The summed E-state index contributed by atoms with van der Waals surface area (Å²) >= 11 is 0. The average molecular weight is 283 g/mol. The van der Waals surface area contributed by atoms with E-state index in [-0.39, 0.29) is 29.3 Å². The topological polar surface area (TPSA) is 116 Å². The van der Waals surface area contributed by atoms with E-state index in [2.05, 4.69) is 5.32 Å². The van der Waals surface area contributed by atoms with Crippen LogP contribution in [0.3, 0.4) is 0 Å². The highest BCUT2D eigenvalue weighted by Gasteiger charge is 2.21. The fourth-order valence-corrected chi connectivity index (χ4v) is 1.66. The lowest BCUT2D eigenvalue weighted by molar-refractivity contribution is -0.119. The second-order valence-electron chi connectivity index (χ2n) is 4.21. The Labute approximate surface area is 115 Å². The van der Waals surface area contributed by atoms with Crippen LogP contribution >= 0.6 is 0 Å². The Morgan fingerprint density at radius 3 is 2.50 bits per heavy atom. The molecule has 1 aromatic rings. The number of carboxylic acids is 1. The van der Waals surface area contributed by atoms with Gasteiger partial charge in [0.15, 0.2) is 0 Å². The molecule has 7 heteroatoms. The molecule has 0 saturated carbocycles. The van der Waals surface area contributed by atoms with Gasteiger partial charge in [-0.1, -0.05) is 6.07 Å². The normalized spacial score (nSPS) is 13.4. The first-order chi connectivity index (χ1) is 9.36. The summed E-state index contributed by atoms with van der Waals surface area (Å²) in [6, 6.07) is 4.07. The van der Waals surface area contributed by atoms with Crippen LogP contribution in [0.15, 0.2) is 18.2 Å². The van der Waals surface area contributed by atoms with E-state index in [0.29, 0.717) is 0 Å². The molecular weight excluding hydrogens is 266 g/mol. The zero-order valence-corrected chi connectivity index (χ0v) is 11.2. The fourth-order valence-electron chi connectivity index (χ4n) is 1.66. The summed E-state index contributed by atoms with van der Waals surface area (Å²) in [7, 11) is 1.34. The number of methoxy groups -OCH3 is 1. The first kappa shape index (κ1) is 15.9. The molecule has 0 saturated heterocycles. The zero-order chi connectivity index (χ0) is 15.3. The van der Waals surface area contributed by atoms with Crippen molar-refractivity contribution in [2.75, 3.05) is 13.7 Å². The predicted octanol–water partition coefficient (Wildman–Crippen LogP) is -0.0762. The molecule has 1 rings (SSSR count). The van der Waals surface area contributed by atoms with Crippen LogP contribution in [0.5, 0.6) is 5.75 Å². The maximum absolute atomic E-state index is 11.1. The van der Waals surface area contributed by atoms with Gasteiger partial charge in [0.25, 0.3) is 0 Å². The van der Waals surface area contributed by atoms with Crippen LogP contribution in [0.1, 0.15) is 28.9 Å². The Morgan fingerprint density at radius 1 is 1.35 bits per heavy atom. The van der Waals surface area contributed by atoms with Crippen molar-refractivity contribution in [2.24, 2.45) is 0 Å². The van der Waals surface area contributed by atoms with Crippen LogP contribution < -0.4 is 10.1 Å². The summed E-state index contributed by atoms with van der Waals surface area (Å²) in [5.41, 5.74) is 0.108. The number of rotatable bonds is 6. The van der Waals surface area contributed by atoms with Gasteiger partial charge in [-0.15, -0.1) is 0 Å². The number of aliphatic hydroxyl groups excluding tert-OH is 2. The molecule has 7 nitrogen and oxygen atoms in total. The molecular formula is C13H17NO6. The minimum Gasteiger partial charge on any atom is -0.496 e. The first-order valence-electron chi connectivity index (χ1n) is 5.88. The third-order valence-corrected chi connectivity index (χ3v) is 2.72. The smallest absolute Gasteiger partial charge is 0.339 e. The van der Waals surface area contributed by atoms with Gasteiger partial charge in [0.2, 0.25) is 5.91 Å². The van der Waals surface area contributed by atoms with E-state index < -0.39 is 18.2 Å². The van der Waals surface area contributed by atoms with Crippen LogP contribution in [-0.2, 0) is 4.79 Å². The monoisotopic (exact) mass is 283 g/mol. The van der Waals surface area contributed by atoms with Gasteiger partial charge < -0.3 is 25.4 Å². The SMILES string of the molecule is COc1ccc(C(O)C(O)CNC(C)=O)cc1C(=O)O. The highest BCUT2D eigenvalue weighted by molar-refractivity contribution is 5.91. The lowest BCUT2D eigenvalue weighted by atomic mass is 10.0. The maximum Gasteiger partial charge on any atom is 0.339 e. The number of benzene rings is 1. The summed E-state index contributed by atoms with van der Waals surface area (Å²) in [5, 5.41) is 31.1. The fraction of sp³-hybridized carbons (Fsp3) is 0.385. The van der Waals surface area contributed by atoms with Crippen molar-refractivity contribution < 1.29 is 29.6 Å². The van der Waals surface area contributed by atoms with Gasteiger partial charge in [-0.05, 0) is 17.7 Å². The van der Waals surface area contributed by atoms with Crippen molar-refractivity contribution in [1.29, 1.82) is 0 Å². The molecule has 4 N–H and O–H groups in total. The van der Waals surface area contributed by atoms with Crippen LogP contribution in [0, 0.1) is 0 Å². The maximum atomic E-state index is 11.1. The Balaban J connectivity index is 2.93. The molecule has 0 aliphatic carbocycles. The highest BCUT2D eigenvalue weighted by atomic mass is 16.5. The standard InChI is InChI=1S/C13H17NO6/c1-7(15)14-6-10(16)12(17)8-3-4-11(20-2)9(5-8)13(18)19/h3-5,10,12,16-17H,6H2,1-2H3,(H,14,15)(H,18,19). The number of amides is 1. The summed E-state index contributed by atoms with van der Waals surface area (Å²) < 4.78 is 4.90. The molecule has 110 valence electrons. The lowest BCUT2D eigenvalue weighted by Crippen LogP contribution is -2.34. The van der Waals surface area contributed by atoms with E-state index in [4.69, 9.17) is 9.84 Å². The number of ether oxygens (including phenoxy) is 1. The van der Waals surface area contributed by atoms with Gasteiger partial charge in [0.05, 0.1) is 7.11 Å². The number of hydrogen-bond acceptors (Lipinski definition) is 5. The Morgan fingerprint density at radius 2 is 2.00 bits per heavy atom. The van der Waals surface area contributed by atoms with Gasteiger partial charge in [0.1, 0.15) is 23.5 Å². The molecule has 20 heavy (non-hydrogen) atoms. The van der Waals surface area contributed by atoms with Crippen LogP contribution in [0.2, 0.25) is 0 Å². The highest BCUT2D eigenvalue weighted by Crippen LogP contribution is 2.25. The van der Waals surface area contributed by atoms with E-state index in [9.17, 15) is 19.8 Å². The van der Waals surface area contributed by atoms with Gasteiger partial charge in [0, 0.05) is 13.5 Å². The summed E-state index contributed by atoms with van der Waals surface area (Å²) in [6.45, 7) is 1.15. The molecule has 1 aromatic carbocycles. The largest absolute Gasteiger partial charge is 0.496 e. The second kappa shape index (κ2) is 6.88. The van der Waals surface area contributed by atoms with Gasteiger partial charge in [-0.3, -0.25) is 4.79 Å². The molecule has 0 heterocycles. The van der Waals surface area contributed by atoms with E-state index >= 15 is 0 Å². The van der Waals surface area contributed by atoms with Crippen molar-refractivity contribution in [3.63, 3.8) is 0 Å². The molecule has 2 atom stereocenters. The number of hydrogen-bond donors (Lipinski definition) is 4. The van der Waals surface area contributed by atoms with Crippen LogP contribution in [0.25, 0.3) is 0 Å². The molecule has 0 bridgehead atoms. The zero-order valence-electron chi connectivity index (χ0n) is 11.2. The molecule has 1 amide bonds. The first-order valence-corrected chi connectivity index (χ1v) is 5.88. The van der Waals surface area contributed by atoms with Crippen LogP contribution in [-0.4, -0.2) is 47.0 Å². The second-order valence-corrected chi connectivity index (χ2v) is 4.21. The molecule has 0 aliphatic rings. The summed E-state index contributed by atoms with van der Waals surface area (Å²) in [4.78, 5) is 21.8. The Hall–Kier alpha value is -2.12. The molecule has 0 aromatic heterocycles. The van der Waals surface area contributed by atoms with Crippen molar-refractivity contribution in [3.05, 3.63) is 29.3 Å². The van der Waals surface area contributed by atoms with E-state index in [1.165, 1.54) is 32.2 Å². The van der Waals surface area contributed by atoms with E-state index in [0.717, 1.165) is 0 Å². The molecule has 0 spiro atoms. The van der Waals surface area contributed by atoms with Crippen molar-refractivity contribution in [1.82, 2.24) is 5.32 Å². The van der Waals surface area contributed by atoms with Crippen molar-refractivity contribution >= 4 is 11.9 Å². The van der Waals surface area contributed by atoms with Crippen LogP contribution in [0.4, 0.5) is 0 Å². The van der Waals surface area contributed by atoms with Crippen molar-refractivity contribution in [3.8, 4) is 5.75 Å². The average Bonchev–Trinajstić information content (AvgIpc) is 2.42.